The normalized spacial score (nSPS) is 14.5. The number of halogens is 2. The van der Waals surface area contributed by atoms with Crippen LogP contribution in [0.2, 0.25) is 0 Å². The number of carbonyl (C=O) groups excluding carboxylic acids is 1. The van der Waals surface area contributed by atoms with Crippen molar-refractivity contribution in [2.24, 2.45) is 5.73 Å². The molecular formula is C22H24F2N2O2. The standard InChI is InChI=1S/C22H24F2N2O2/c1-13-12-15(8-9-16(13)21(23)24)17(4-2-3-5-20(25)27)19-11-10-18(14-6-7-14)22(28)26-19/h4,8-12,14,21H,2-3,5-7H2,1H3,(H2,25,27)(H,26,28)/b17-4+. The third-order valence-electron chi connectivity index (χ3n) is 5.04. The monoisotopic (exact) mass is 386 g/mol. The topological polar surface area (TPSA) is 76.0 Å². The van der Waals surface area contributed by atoms with Crippen molar-refractivity contribution in [2.75, 3.05) is 0 Å². The predicted octanol–water partition coefficient (Wildman–Crippen LogP) is 4.59. The summed E-state index contributed by atoms with van der Waals surface area (Å²) >= 11 is 0. The van der Waals surface area contributed by atoms with Gasteiger partial charge in [-0.05, 0) is 55.7 Å². The minimum absolute atomic E-state index is 0.00518. The minimum atomic E-state index is -2.53. The van der Waals surface area contributed by atoms with E-state index in [1.54, 1.807) is 19.1 Å². The van der Waals surface area contributed by atoms with Gasteiger partial charge < -0.3 is 10.7 Å². The second kappa shape index (κ2) is 8.50. The molecule has 0 atom stereocenters. The number of nitrogens with two attached hydrogens (primary N) is 1. The van der Waals surface area contributed by atoms with Crippen LogP contribution in [0.1, 0.15) is 72.4 Å². The van der Waals surface area contributed by atoms with E-state index >= 15 is 0 Å². The quantitative estimate of drug-likeness (QED) is 0.651. The largest absolute Gasteiger partial charge is 0.370 e. The predicted molar refractivity (Wildman–Crippen MR) is 105 cm³/mol. The van der Waals surface area contributed by atoms with E-state index in [4.69, 9.17) is 5.73 Å². The zero-order valence-corrected chi connectivity index (χ0v) is 15.8. The van der Waals surface area contributed by atoms with Crippen LogP contribution in [0.4, 0.5) is 8.78 Å². The van der Waals surface area contributed by atoms with Gasteiger partial charge in [-0.2, -0.15) is 0 Å². The molecule has 3 N–H and O–H groups in total. The summed E-state index contributed by atoms with van der Waals surface area (Å²) in [6.45, 7) is 1.65. The number of hydrogen-bond acceptors (Lipinski definition) is 2. The van der Waals surface area contributed by atoms with Crippen LogP contribution in [0.5, 0.6) is 0 Å². The molecule has 1 amide bonds. The Bertz CT molecular complexity index is 959. The van der Waals surface area contributed by atoms with Crippen LogP contribution in [0.3, 0.4) is 0 Å². The second-order valence-corrected chi connectivity index (χ2v) is 7.28. The zero-order valence-electron chi connectivity index (χ0n) is 15.8. The number of H-pyrrole nitrogens is 1. The summed E-state index contributed by atoms with van der Waals surface area (Å²) in [5.74, 6) is -0.0253. The van der Waals surface area contributed by atoms with Crippen molar-refractivity contribution in [1.82, 2.24) is 4.98 Å². The molecule has 1 aromatic carbocycles. The molecule has 6 heteroatoms. The van der Waals surface area contributed by atoms with Crippen molar-refractivity contribution in [3.63, 3.8) is 0 Å². The third kappa shape index (κ3) is 4.74. The van der Waals surface area contributed by atoms with Gasteiger partial charge in [0.05, 0.1) is 0 Å². The number of aromatic nitrogens is 1. The lowest BCUT2D eigenvalue weighted by molar-refractivity contribution is -0.118. The number of nitrogens with one attached hydrogen (secondary N) is 1. The number of unbranched alkanes of at least 4 members (excludes halogenated alkanes) is 1. The first-order valence-corrected chi connectivity index (χ1v) is 9.48. The maximum absolute atomic E-state index is 13.1. The Balaban J connectivity index is 1.96. The zero-order chi connectivity index (χ0) is 20.3. The van der Waals surface area contributed by atoms with Gasteiger partial charge in [-0.25, -0.2) is 8.78 Å². The fourth-order valence-corrected chi connectivity index (χ4v) is 3.35. The van der Waals surface area contributed by atoms with Crippen LogP contribution in [0.15, 0.2) is 41.2 Å². The molecule has 1 aliphatic rings. The average molecular weight is 386 g/mol. The van der Waals surface area contributed by atoms with Crippen LogP contribution in [-0.4, -0.2) is 10.9 Å². The average Bonchev–Trinajstić information content (AvgIpc) is 3.46. The van der Waals surface area contributed by atoms with Gasteiger partial charge in [-0.3, -0.25) is 9.59 Å². The Hall–Kier alpha value is -2.76. The third-order valence-corrected chi connectivity index (χ3v) is 5.04. The first kappa shape index (κ1) is 20.0. The lowest BCUT2D eigenvalue weighted by atomic mass is 9.96. The highest BCUT2D eigenvalue weighted by Gasteiger charge is 2.26. The SMILES string of the molecule is Cc1cc(/C(=C\CCCC(N)=O)c2ccc(C3CC3)c(=O)[nH]2)ccc1C(F)F. The van der Waals surface area contributed by atoms with Gasteiger partial charge >= 0.3 is 0 Å². The lowest BCUT2D eigenvalue weighted by Crippen LogP contribution is -2.13. The molecule has 1 heterocycles. The number of aryl methyl sites for hydroxylation is 1. The Morgan fingerprint density at radius 1 is 1.29 bits per heavy atom. The Labute approximate surface area is 162 Å². The summed E-state index contributed by atoms with van der Waals surface area (Å²) in [5.41, 5.74) is 8.50. The molecule has 0 unspecified atom stereocenters. The van der Waals surface area contributed by atoms with E-state index in [0.29, 0.717) is 30.0 Å². The summed E-state index contributed by atoms with van der Waals surface area (Å²) < 4.78 is 26.2. The van der Waals surface area contributed by atoms with E-state index in [-0.39, 0.29) is 23.5 Å². The molecule has 2 aromatic rings. The molecule has 0 radical (unpaired) electrons. The molecular weight excluding hydrogens is 362 g/mol. The number of rotatable bonds is 8. The Morgan fingerprint density at radius 3 is 2.61 bits per heavy atom. The number of allylic oxidation sites excluding steroid dienone is 1. The molecule has 148 valence electrons. The summed E-state index contributed by atoms with van der Waals surface area (Å²) in [6.07, 6.45) is 2.89. The number of carbonyl (C=O) groups is 1. The molecule has 4 nitrogen and oxygen atoms in total. The smallest absolute Gasteiger partial charge is 0.264 e. The number of pyridine rings is 1. The Morgan fingerprint density at radius 2 is 2.04 bits per heavy atom. The van der Waals surface area contributed by atoms with E-state index in [9.17, 15) is 18.4 Å². The van der Waals surface area contributed by atoms with Gasteiger partial charge in [-0.1, -0.05) is 30.3 Å². The molecule has 1 aliphatic carbocycles. The van der Waals surface area contributed by atoms with Gasteiger partial charge in [0.1, 0.15) is 0 Å². The van der Waals surface area contributed by atoms with Gasteiger partial charge in [0, 0.05) is 28.8 Å². The summed E-state index contributed by atoms with van der Waals surface area (Å²) in [5, 5.41) is 0. The van der Waals surface area contributed by atoms with Crippen LogP contribution in [0.25, 0.3) is 5.57 Å². The van der Waals surface area contributed by atoms with Gasteiger partial charge in [-0.15, -0.1) is 0 Å². The van der Waals surface area contributed by atoms with Crippen LogP contribution in [-0.2, 0) is 4.79 Å². The van der Waals surface area contributed by atoms with Crippen molar-refractivity contribution in [3.05, 3.63) is 74.7 Å². The van der Waals surface area contributed by atoms with E-state index in [2.05, 4.69) is 4.98 Å². The van der Waals surface area contributed by atoms with E-state index < -0.39 is 6.43 Å². The van der Waals surface area contributed by atoms with Gasteiger partial charge in [0.15, 0.2) is 0 Å². The number of amides is 1. The Kier molecular flexibility index (Phi) is 6.07. The molecule has 0 aliphatic heterocycles. The second-order valence-electron chi connectivity index (χ2n) is 7.28. The number of benzene rings is 1. The molecule has 28 heavy (non-hydrogen) atoms. The molecule has 1 saturated carbocycles. The lowest BCUT2D eigenvalue weighted by Gasteiger charge is -2.13. The summed E-state index contributed by atoms with van der Waals surface area (Å²) in [4.78, 5) is 26.3. The van der Waals surface area contributed by atoms with Crippen LogP contribution >= 0.6 is 0 Å². The molecule has 0 bridgehead atoms. The first-order valence-electron chi connectivity index (χ1n) is 9.48. The van der Waals surface area contributed by atoms with Crippen LogP contribution < -0.4 is 11.3 Å². The number of alkyl halides is 2. The van der Waals surface area contributed by atoms with E-state index in [1.807, 2.05) is 18.2 Å². The maximum atomic E-state index is 13.1. The molecule has 0 spiro atoms. The molecule has 1 aromatic heterocycles. The van der Waals surface area contributed by atoms with Crippen molar-refractivity contribution in [2.45, 2.75) is 51.4 Å². The fraction of sp³-hybridized carbons (Fsp3) is 0.364. The maximum Gasteiger partial charge on any atom is 0.264 e. The van der Waals surface area contributed by atoms with Crippen molar-refractivity contribution in [1.29, 1.82) is 0 Å². The number of primary amides is 1. The summed E-state index contributed by atoms with van der Waals surface area (Å²) in [6, 6.07) is 8.48. The van der Waals surface area contributed by atoms with Crippen molar-refractivity contribution in [3.8, 4) is 0 Å². The highest BCUT2D eigenvalue weighted by molar-refractivity contribution is 5.78. The van der Waals surface area contributed by atoms with Gasteiger partial charge in [0.2, 0.25) is 5.91 Å². The van der Waals surface area contributed by atoms with Gasteiger partial charge in [0.25, 0.3) is 12.0 Å². The minimum Gasteiger partial charge on any atom is -0.370 e. The number of aromatic amines is 1. The van der Waals surface area contributed by atoms with E-state index in [1.165, 1.54) is 6.07 Å². The summed E-state index contributed by atoms with van der Waals surface area (Å²) in [7, 11) is 0. The molecule has 1 fully saturated rings. The number of hydrogen-bond donors (Lipinski definition) is 2. The van der Waals surface area contributed by atoms with E-state index in [0.717, 1.165) is 29.5 Å². The fourth-order valence-electron chi connectivity index (χ4n) is 3.35. The molecule has 3 rings (SSSR count). The van der Waals surface area contributed by atoms with Crippen molar-refractivity contribution >= 4 is 11.5 Å². The first-order chi connectivity index (χ1) is 13.4. The van der Waals surface area contributed by atoms with Crippen molar-refractivity contribution < 1.29 is 13.6 Å². The van der Waals surface area contributed by atoms with Crippen LogP contribution in [0, 0.1) is 6.92 Å². The molecule has 0 saturated heterocycles. The highest BCUT2D eigenvalue weighted by atomic mass is 19.3. The highest BCUT2D eigenvalue weighted by Crippen LogP contribution is 2.38.